The standard InChI is InChI=1S/C17H33FO7/c1-2-4-19-6-8-21-10-12-23-14-16-25-17-15-24-13-11-22-9-7-20-5-3-18/h2H,1,3-17H2. The highest BCUT2D eigenvalue weighted by Gasteiger charge is 1.94. The third-order valence-corrected chi connectivity index (χ3v) is 2.69. The van der Waals surface area contributed by atoms with Gasteiger partial charge in [-0.05, 0) is 0 Å². The van der Waals surface area contributed by atoms with E-state index >= 15 is 0 Å². The maximum absolute atomic E-state index is 11.7. The highest BCUT2D eigenvalue weighted by atomic mass is 19.1. The van der Waals surface area contributed by atoms with Gasteiger partial charge in [0.15, 0.2) is 0 Å². The SMILES string of the molecule is C=CCOCCOCCOCCOCCOCCOCCOCCF. The van der Waals surface area contributed by atoms with E-state index in [0.717, 1.165) is 0 Å². The van der Waals surface area contributed by atoms with Gasteiger partial charge in [0.2, 0.25) is 0 Å². The summed E-state index contributed by atoms with van der Waals surface area (Å²) in [5.74, 6) is 0. The summed E-state index contributed by atoms with van der Waals surface area (Å²) >= 11 is 0. The van der Waals surface area contributed by atoms with Crippen molar-refractivity contribution in [3.8, 4) is 0 Å². The van der Waals surface area contributed by atoms with Crippen molar-refractivity contribution in [1.29, 1.82) is 0 Å². The molecule has 7 nitrogen and oxygen atoms in total. The zero-order valence-corrected chi connectivity index (χ0v) is 15.1. The van der Waals surface area contributed by atoms with Gasteiger partial charge >= 0.3 is 0 Å². The number of hydrogen-bond acceptors (Lipinski definition) is 7. The molecule has 0 aliphatic carbocycles. The fraction of sp³-hybridized carbons (Fsp3) is 0.882. The first kappa shape index (κ1) is 24.4. The van der Waals surface area contributed by atoms with Crippen LogP contribution in [0.5, 0.6) is 0 Å². The van der Waals surface area contributed by atoms with Crippen LogP contribution in [0.1, 0.15) is 0 Å². The Morgan fingerprint density at radius 3 is 1.04 bits per heavy atom. The van der Waals surface area contributed by atoms with Gasteiger partial charge in [-0.25, -0.2) is 4.39 Å². The molecule has 8 heteroatoms. The molecule has 0 unspecified atom stereocenters. The number of ether oxygens (including phenoxy) is 7. The zero-order valence-electron chi connectivity index (χ0n) is 15.1. The summed E-state index contributed by atoms with van der Waals surface area (Å²) in [5, 5.41) is 0. The third kappa shape index (κ3) is 23.4. The molecular weight excluding hydrogens is 335 g/mol. The van der Waals surface area contributed by atoms with E-state index in [1.54, 1.807) is 6.08 Å². The molecule has 0 N–H and O–H groups in total. The van der Waals surface area contributed by atoms with Gasteiger partial charge in [-0.15, -0.1) is 6.58 Å². The Balaban J connectivity index is 2.95. The number of rotatable bonds is 22. The Bertz CT molecular complexity index is 257. The molecule has 0 aromatic carbocycles. The number of hydrogen-bond donors (Lipinski definition) is 0. The van der Waals surface area contributed by atoms with E-state index in [4.69, 9.17) is 33.2 Å². The predicted octanol–water partition coefficient (Wildman–Crippen LogP) is 1.26. The number of halogens is 1. The van der Waals surface area contributed by atoms with E-state index in [0.29, 0.717) is 85.9 Å². The van der Waals surface area contributed by atoms with E-state index in [-0.39, 0.29) is 6.61 Å². The molecule has 0 aromatic heterocycles. The Labute approximate surface area is 150 Å². The molecular formula is C17H33FO7. The summed E-state index contributed by atoms with van der Waals surface area (Å²) in [5.41, 5.74) is 0. The Hall–Kier alpha value is -0.610. The van der Waals surface area contributed by atoms with Crippen molar-refractivity contribution < 1.29 is 37.5 Å². The van der Waals surface area contributed by atoms with Crippen LogP contribution < -0.4 is 0 Å². The molecule has 0 bridgehead atoms. The lowest BCUT2D eigenvalue weighted by atomic mass is 10.6. The van der Waals surface area contributed by atoms with Crippen molar-refractivity contribution in [3.63, 3.8) is 0 Å². The fourth-order valence-electron chi connectivity index (χ4n) is 1.54. The van der Waals surface area contributed by atoms with E-state index in [9.17, 15) is 4.39 Å². The van der Waals surface area contributed by atoms with Crippen LogP contribution in [0.25, 0.3) is 0 Å². The average molecular weight is 368 g/mol. The molecule has 0 amide bonds. The molecule has 0 atom stereocenters. The summed E-state index contributed by atoms with van der Waals surface area (Å²) < 4.78 is 48.4. The molecule has 0 spiro atoms. The largest absolute Gasteiger partial charge is 0.377 e. The summed E-state index contributed by atoms with van der Waals surface area (Å²) in [7, 11) is 0. The maximum atomic E-state index is 11.7. The van der Waals surface area contributed by atoms with Gasteiger partial charge in [-0.2, -0.15) is 0 Å². The van der Waals surface area contributed by atoms with Gasteiger partial charge in [0.1, 0.15) is 6.67 Å². The molecule has 150 valence electrons. The molecule has 0 aliphatic rings. The molecule has 0 rings (SSSR count). The first-order valence-corrected chi connectivity index (χ1v) is 8.63. The third-order valence-electron chi connectivity index (χ3n) is 2.69. The van der Waals surface area contributed by atoms with Crippen molar-refractivity contribution in [2.45, 2.75) is 0 Å². The molecule has 25 heavy (non-hydrogen) atoms. The Morgan fingerprint density at radius 1 is 0.480 bits per heavy atom. The van der Waals surface area contributed by atoms with Crippen LogP contribution in [0, 0.1) is 0 Å². The Kier molecular flexibility index (Phi) is 22.8. The minimum atomic E-state index is -0.465. The van der Waals surface area contributed by atoms with Crippen LogP contribution in [0.3, 0.4) is 0 Å². The first-order chi connectivity index (χ1) is 12.4. The van der Waals surface area contributed by atoms with E-state index < -0.39 is 6.67 Å². The van der Waals surface area contributed by atoms with Gasteiger partial charge in [0.25, 0.3) is 0 Å². The van der Waals surface area contributed by atoms with Gasteiger partial charge < -0.3 is 33.2 Å². The second-order valence-electron chi connectivity index (χ2n) is 4.73. The molecule has 0 aliphatic heterocycles. The van der Waals surface area contributed by atoms with Gasteiger partial charge in [-0.1, -0.05) is 6.08 Å². The molecule has 0 radical (unpaired) electrons. The van der Waals surface area contributed by atoms with E-state index in [1.807, 2.05) is 0 Å². The summed E-state index contributed by atoms with van der Waals surface area (Å²) in [6.45, 7) is 9.86. The van der Waals surface area contributed by atoms with Crippen LogP contribution in [0.15, 0.2) is 12.7 Å². The summed E-state index contributed by atoms with van der Waals surface area (Å²) in [4.78, 5) is 0. The van der Waals surface area contributed by atoms with Crippen LogP contribution in [0.2, 0.25) is 0 Å². The molecule has 0 saturated carbocycles. The lowest BCUT2D eigenvalue weighted by molar-refractivity contribution is -0.0200. The summed E-state index contributed by atoms with van der Waals surface area (Å²) in [6.07, 6.45) is 1.70. The molecule has 0 fully saturated rings. The molecule has 0 heterocycles. The van der Waals surface area contributed by atoms with Crippen LogP contribution >= 0.6 is 0 Å². The fourth-order valence-corrected chi connectivity index (χ4v) is 1.54. The van der Waals surface area contributed by atoms with Crippen LogP contribution in [-0.2, 0) is 33.2 Å². The highest BCUT2D eigenvalue weighted by Crippen LogP contribution is 1.85. The zero-order chi connectivity index (χ0) is 18.3. The topological polar surface area (TPSA) is 64.6 Å². The van der Waals surface area contributed by atoms with Crippen molar-refractivity contribution >= 4 is 0 Å². The predicted molar refractivity (Wildman–Crippen MR) is 91.9 cm³/mol. The normalized spacial score (nSPS) is 11.1. The Morgan fingerprint density at radius 2 is 0.760 bits per heavy atom. The maximum Gasteiger partial charge on any atom is 0.113 e. The average Bonchev–Trinajstić information content (AvgIpc) is 2.63. The van der Waals surface area contributed by atoms with Gasteiger partial charge in [0.05, 0.1) is 92.5 Å². The summed E-state index contributed by atoms with van der Waals surface area (Å²) in [6, 6.07) is 0. The minimum absolute atomic E-state index is 0.124. The van der Waals surface area contributed by atoms with Crippen molar-refractivity contribution in [2.24, 2.45) is 0 Å². The van der Waals surface area contributed by atoms with Crippen LogP contribution in [0.4, 0.5) is 4.39 Å². The van der Waals surface area contributed by atoms with Gasteiger partial charge in [-0.3, -0.25) is 0 Å². The van der Waals surface area contributed by atoms with Crippen molar-refractivity contribution in [3.05, 3.63) is 12.7 Å². The molecule has 0 aromatic rings. The second kappa shape index (κ2) is 23.4. The van der Waals surface area contributed by atoms with E-state index in [2.05, 4.69) is 6.58 Å². The van der Waals surface area contributed by atoms with E-state index in [1.165, 1.54) is 0 Å². The highest BCUT2D eigenvalue weighted by molar-refractivity contribution is 4.63. The monoisotopic (exact) mass is 368 g/mol. The quantitative estimate of drug-likeness (QED) is 0.211. The smallest absolute Gasteiger partial charge is 0.113 e. The van der Waals surface area contributed by atoms with Gasteiger partial charge in [0, 0.05) is 0 Å². The first-order valence-electron chi connectivity index (χ1n) is 8.63. The minimum Gasteiger partial charge on any atom is -0.377 e. The lowest BCUT2D eigenvalue weighted by Crippen LogP contribution is -2.14. The van der Waals surface area contributed by atoms with Crippen molar-refractivity contribution in [1.82, 2.24) is 0 Å². The van der Waals surface area contributed by atoms with Crippen molar-refractivity contribution in [2.75, 3.05) is 99.2 Å². The number of alkyl halides is 1. The second-order valence-corrected chi connectivity index (χ2v) is 4.73. The lowest BCUT2D eigenvalue weighted by Gasteiger charge is -2.08. The molecule has 0 saturated heterocycles. The van der Waals surface area contributed by atoms with Crippen LogP contribution in [-0.4, -0.2) is 99.2 Å².